The number of H-pyrrole nitrogens is 1. The first-order valence-corrected chi connectivity index (χ1v) is 22.8. The number of aromatic amines is 1. The quantitative estimate of drug-likeness (QED) is 0.0915. The van der Waals surface area contributed by atoms with Crippen LogP contribution in [0, 0.1) is 33.8 Å². The van der Waals surface area contributed by atoms with Gasteiger partial charge in [-0.15, -0.1) is 0 Å². The Morgan fingerprint density at radius 1 is 0.925 bits per heavy atom. The van der Waals surface area contributed by atoms with Gasteiger partial charge in [-0.25, -0.2) is 0 Å². The van der Waals surface area contributed by atoms with Crippen LogP contribution >= 0.6 is 0 Å². The maximum atomic E-state index is 14.7. The second-order valence-electron chi connectivity index (χ2n) is 17.1. The third-order valence-electron chi connectivity index (χ3n) is 12.4. The lowest BCUT2D eigenvalue weighted by atomic mass is 9.85. The molecule has 3 aliphatic heterocycles. The number of rotatable bonds is 8. The van der Waals surface area contributed by atoms with Gasteiger partial charge in [-0.05, 0) is 17.9 Å². The van der Waals surface area contributed by atoms with Gasteiger partial charge in [-0.1, -0.05) is 27.2 Å². The minimum absolute atomic E-state index is 0.0893. The van der Waals surface area contributed by atoms with E-state index in [0.717, 1.165) is 17.0 Å². The summed E-state index contributed by atoms with van der Waals surface area (Å²) in [5, 5.41) is 75.5. The summed E-state index contributed by atoms with van der Waals surface area (Å²) in [6.07, 6.45) is -6.66. The van der Waals surface area contributed by atoms with Crippen molar-refractivity contribution in [2.24, 2.45) is 23.7 Å². The van der Waals surface area contributed by atoms with Crippen molar-refractivity contribution in [1.82, 2.24) is 36.5 Å². The molecule has 6 amide bonds. The van der Waals surface area contributed by atoms with Crippen LogP contribution in [0.1, 0.15) is 58.4 Å². The molecule has 5 rings (SSSR count). The van der Waals surface area contributed by atoms with Crippen molar-refractivity contribution < 1.29 is 77.8 Å². The molecular weight excluding hydrogens is 909 g/mol. The third-order valence-corrected chi connectivity index (χ3v) is 13.8. The van der Waals surface area contributed by atoms with Crippen LogP contribution in [-0.2, 0) is 60.4 Å². The number of benzene rings is 1. The highest BCUT2D eigenvalue weighted by Gasteiger charge is 2.45. The van der Waals surface area contributed by atoms with E-state index in [9.17, 15) is 83.0 Å². The van der Waals surface area contributed by atoms with Crippen molar-refractivity contribution >= 4 is 80.4 Å². The molecule has 0 saturated carbocycles. The lowest BCUT2D eigenvalue weighted by molar-refractivity contribution is -0.385. The van der Waals surface area contributed by atoms with E-state index in [-0.39, 0.29) is 21.5 Å². The molecule has 1 aromatic heterocycles. The monoisotopic (exact) mass is 962 g/mol. The standard InChI is InChI=1S/C41H54N8O17S/c1-4-17(2)35-39(62)43-12-32(56)44-25-16-67(66)40-23(22-10-26(49(64)65)29(53)11-24(22)45-40)5-19(37(60)42-13-33(57)46-35)6-30(54)36(18(3)31(55)15-50)47-38(61)27-9-21(51)14-48(27)41(63)20(7-28(25)52)8-34(58)59/h10-11,17-21,25,27,31,35-36,45,50-51,53,55H,4-9,12-16H2,1-3H3,(H,42,60)(H,43,62)(H,44,56)(H,46,57)(H,47,61)(H,58,59)/t17-,18?,19+,20-,21+,25-,27-,31-,35+,36-,67?/m0/s1. The Hall–Kier alpha value is -6.38. The van der Waals surface area contributed by atoms with Crippen LogP contribution in [0.5, 0.6) is 5.75 Å². The molecule has 11 N–H and O–H groups in total. The van der Waals surface area contributed by atoms with Crippen LogP contribution in [0.2, 0.25) is 0 Å². The molecular formula is C41H54N8O17S. The fourth-order valence-corrected chi connectivity index (χ4v) is 9.83. The Bertz CT molecular complexity index is 2360. The number of fused-ring (bicyclic) bond motifs is 5. The summed E-state index contributed by atoms with van der Waals surface area (Å²) >= 11 is 0. The number of amides is 6. The highest BCUT2D eigenvalue weighted by Crippen LogP contribution is 2.37. The van der Waals surface area contributed by atoms with Crippen molar-refractivity contribution in [1.29, 1.82) is 0 Å². The van der Waals surface area contributed by atoms with E-state index in [4.69, 9.17) is 0 Å². The van der Waals surface area contributed by atoms with Gasteiger partial charge >= 0.3 is 11.7 Å². The van der Waals surface area contributed by atoms with Crippen molar-refractivity contribution in [2.45, 2.75) is 101 Å². The Morgan fingerprint density at radius 3 is 2.21 bits per heavy atom. The summed E-state index contributed by atoms with van der Waals surface area (Å²) in [7, 11) is -2.53. The summed E-state index contributed by atoms with van der Waals surface area (Å²) in [5.74, 6) is -16.6. The number of phenols is 1. The number of carbonyl (C=O) groups is 9. The number of nitro groups is 1. The van der Waals surface area contributed by atoms with Gasteiger partial charge in [0.15, 0.2) is 17.3 Å². The molecule has 2 bridgehead atoms. The molecule has 1 aromatic carbocycles. The molecule has 0 spiro atoms. The second kappa shape index (κ2) is 21.9. The van der Waals surface area contributed by atoms with Crippen molar-refractivity contribution in [2.75, 3.05) is 32.0 Å². The molecule has 1 saturated heterocycles. The highest BCUT2D eigenvalue weighted by atomic mass is 32.2. The highest BCUT2D eigenvalue weighted by molar-refractivity contribution is 7.85. The molecule has 0 radical (unpaired) electrons. The zero-order valence-electron chi connectivity index (χ0n) is 36.6. The second-order valence-corrected chi connectivity index (χ2v) is 18.5. The fraction of sp³-hybridized carbons (Fsp3) is 0.585. The zero-order chi connectivity index (χ0) is 49.6. The van der Waals surface area contributed by atoms with Gasteiger partial charge < -0.3 is 62.0 Å². The number of aliphatic hydroxyl groups excluding tert-OH is 3. The van der Waals surface area contributed by atoms with Crippen molar-refractivity contribution in [3.05, 3.63) is 27.8 Å². The number of Topliss-reactive ketones (excluding diaryl/α,β-unsaturated/α-hetero) is 2. The Kier molecular flexibility index (Phi) is 16.9. The molecule has 2 unspecified atom stereocenters. The smallest absolute Gasteiger partial charge is 0.311 e. The first-order chi connectivity index (χ1) is 31.5. The maximum absolute atomic E-state index is 14.7. The average molecular weight is 963 g/mol. The molecule has 366 valence electrons. The van der Waals surface area contributed by atoms with Crippen LogP contribution < -0.4 is 26.6 Å². The SMILES string of the molecule is CC[C@H](C)[C@H]1NC(=O)CNC(=O)[C@H]2CC(=O)[C@H](C(C)[C@@H](O)CO)NC(=O)[C@@H]3C[C@@H](O)CN3C(=O)[C@H](CC(=O)O)CC(=O)[C@H](CS(=O)c3[nH]c4cc(O)c([N+](=O)[O-])cc4c3C2)NC(=O)CNC1=O. The predicted octanol–water partition coefficient (Wildman–Crippen LogP) is -3.23. The lowest BCUT2D eigenvalue weighted by Crippen LogP contribution is -2.56. The number of ketones is 2. The molecule has 26 heteroatoms. The number of nitrogens with zero attached hydrogens (tertiary/aromatic N) is 2. The van der Waals surface area contributed by atoms with E-state index in [1.807, 2.05) is 0 Å². The number of hydrogen-bond donors (Lipinski definition) is 11. The van der Waals surface area contributed by atoms with Gasteiger partial charge in [0.1, 0.15) is 17.1 Å². The van der Waals surface area contributed by atoms with E-state index in [0.29, 0.717) is 6.42 Å². The number of nitrogens with one attached hydrogen (secondary N) is 6. The summed E-state index contributed by atoms with van der Waals surface area (Å²) in [6.45, 7) is 1.52. The maximum Gasteiger partial charge on any atom is 0.311 e. The van der Waals surface area contributed by atoms with Gasteiger partial charge in [-0.3, -0.25) is 57.5 Å². The van der Waals surface area contributed by atoms with Crippen LogP contribution in [0.15, 0.2) is 17.2 Å². The van der Waals surface area contributed by atoms with E-state index < -0.39 is 204 Å². The number of aliphatic carboxylic acids is 1. The van der Waals surface area contributed by atoms with E-state index in [1.165, 1.54) is 6.92 Å². The predicted molar refractivity (Wildman–Crippen MR) is 230 cm³/mol. The number of aliphatic hydroxyl groups is 3. The molecule has 25 nitrogen and oxygen atoms in total. The number of aromatic hydroxyl groups is 1. The van der Waals surface area contributed by atoms with E-state index >= 15 is 0 Å². The first-order valence-electron chi connectivity index (χ1n) is 21.4. The van der Waals surface area contributed by atoms with Gasteiger partial charge in [0, 0.05) is 55.2 Å². The van der Waals surface area contributed by atoms with Crippen molar-refractivity contribution in [3.63, 3.8) is 0 Å². The minimum Gasteiger partial charge on any atom is -0.502 e. The largest absolute Gasteiger partial charge is 0.502 e. The molecule has 1 fully saturated rings. The number of carboxylic acid groups (broad SMARTS) is 1. The molecule has 67 heavy (non-hydrogen) atoms. The van der Waals surface area contributed by atoms with Gasteiger partial charge in [-0.2, -0.15) is 0 Å². The number of aromatic nitrogens is 1. The fourth-order valence-electron chi connectivity index (χ4n) is 8.40. The first kappa shape index (κ1) is 51.6. The molecule has 11 atom stereocenters. The van der Waals surface area contributed by atoms with Crippen LogP contribution in [-0.4, -0.2) is 166 Å². The zero-order valence-corrected chi connectivity index (χ0v) is 37.5. The number of nitro benzene ring substituents is 1. The van der Waals surface area contributed by atoms with Crippen LogP contribution in [0.4, 0.5) is 5.69 Å². The number of carbonyl (C=O) groups excluding carboxylic acids is 8. The average Bonchev–Trinajstić information content (AvgIpc) is 3.84. The summed E-state index contributed by atoms with van der Waals surface area (Å²) in [5.41, 5.74) is -1.07. The summed E-state index contributed by atoms with van der Waals surface area (Å²) in [4.78, 5) is 139. The number of phenolic OH excluding ortho intramolecular Hbond substituents is 1. The molecule has 4 heterocycles. The summed E-state index contributed by atoms with van der Waals surface area (Å²) < 4.78 is 14.7. The molecule has 0 aliphatic carbocycles. The van der Waals surface area contributed by atoms with E-state index in [2.05, 4.69) is 31.6 Å². The number of carboxylic acids is 1. The van der Waals surface area contributed by atoms with Gasteiger partial charge in [0.25, 0.3) is 0 Å². The van der Waals surface area contributed by atoms with E-state index in [1.54, 1.807) is 13.8 Å². The lowest BCUT2D eigenvalue weighted by Gasteiger charge is -2.32. The molecule has 2 aromatic rings. The Labute approximate surface area is 383 Å². The molecule has 3 aliphatic rings. The minimum atomic E-state index is -2.53. The Morgan fingerprint density at radius 2 is 1.58 bits per heavy atom. The van der Waals surface area contributed by atoms with Gasteiger partial charge in [0.2, 0.25) is 35.4 Å². The summed E-state index contributed by atoms with van der Waals surface area (Å²) in [6, 6.07) is -4.68. The third kappa shape index (κ3) is 12.2. The normalized spacial score (nSPS) is 27.9. The van der Waals surface area contributed by atoms with Crippen LogP contribution in [0.3, 0.4) is 0 Å². The van der Waals surface area contributed by atoms with Gasteiger partial charge in [0.05, 0.1) is 83.3 Å². The van der Waals surface area contributed by atoms with Crippen LogP contribution in [0.25, 0.3) is 10.9 Å². The topological polar surface area (TPSA) is 394 Å². The number of hydrogen-bond acceptors (Lipinski definition) is 16. The van der Waals surface area contributed by atoms with Crippen molar-refractivity contribution in [3.8, 4) is 5.75 Å². The Balaban J connectivity index is 1.78.